The standard InChI is InChI=1S/C18H18N2O/c19-17(16-9-5-2-6-10-16)13-14-20-18(21)12-11-15-7-3-1-4-8-15/h1-10,17H,13-14,19H2,(H,20,21). The molecule has 3 nitrogen and oxygen atoms in total. The van der Waals surface area contributed by atoms with Crippen LogP contribution >= 0.6 is 0 Å². The van der Waals surface area contributed by atoms with Crippen LogP contribution in [0.15, 0.2) is 60.7 Å². The van der Waals surface area contributed by atoms with E-state index in [0.29, 0.717) is 13.0 Å². The van der Waals surface area contributed by atoms with E-state index < -0.39 is 0 Å². The van der Waals surface area contributed by atoms with Gasteiger partial charge in [-0.25, -0.2) is 0 Å². The van der Waals surface area contributed by atoms with E-state index in [4.69, 9.17) is 5.73 Å². The topological polar surface area (TPSA) is 55.1 Å². The van der Waals surface area contributed by atoms with Gasteiger partial charge in [0.15, 0.2) is 0 Å². The molecule has 2 aromatic carbocycles. The summed E-state index contributed by atoms with van der Waals surface area (Å²) in [7, 11) is 0. The lowest BCUT2D eigenvalue weighted by Gasteiger charge is -2.11. The molecule has 0 aromatic heterocycles. The second kappa shape index (κ2) is 7.88. The van der Waals surface area contributed by atoms with E-state index in [1.165, 1.54) is 0 Å². The summed E-state index contributed by atoms with van der Waals surface area (Å²) in [5.41, 5.74) is 7.96. The maximum atomic E-state index is 11.6. The first-order valence-electron chi connectivity index (χ1n) is 6.91. The highest BCUT2D eigenvalue weighted by molar-refractivity contribution is 5.94. The van der Waals surface area contributed by atoms with Crippen LogP contribution in [0.25, 0.3) is 0 Å². The number of hydrogen-bond acceptors (Lipinski definition) is 2. The lowest BCUT2D eigenvalue weighted by atomic mass is 10.1. The molecule has 2 aromatic rings. The van der Waals surface area contributed by atoms with E-state index in [1.807, 2.05) is 60.7 Å². The summed E-state index contributed by atoms with van der Waals surface area (Å²) in [4.78, 5) is 11.6. The number of carbonyl (C=O) groups is 1. The van der Waals surface area contributed by atoms with Crippen molar-refractivity contribution in [1.82, 2.24) is 5.32 Å². The van der Waals surface area contributed by atoms with Crippen molar-refractivity contribution in [3.63, 3.8) is 0 Å². The van der Waals surface area contributed by atoms with E-state index >= 15 is 0 Å². The zero-order valence-electron chi connectivity index (χ0n) is 11.8. The molecule has 0 fully saturated rings. The Labute approximate surface area is 125 Å². The minimum Gasteiger partial charge on any atom is -0.345 e. The predicted molar refractivity (Wildman–Crippen MR) is 84.3 cm³/mol. The summed E-state index contributed by atoms with van der Waals surface area (Å²) in [5.74, 6) is 5.11. The van der Waals surface area contributed by atoms with Crippen molar-refractivity contribution in [2.45, 2.75) is 12.5 Å². The number of amides is 1. The Morgan fingerprint density at radius 1 is 1.05 bits per heavy atom. The number of rotatable bonds is 4. The quantitative estimate of drug-likeness (QED) is 0.843. The van der Waals surface area contributed by atoms with Crippen LogP contribution in [0.1, 0.15) is 23.6 Å². The molecule has 1 amide bonds. The molecule has 3 heteroatoms. The molecule has 0 heterocycles. The van der Waals surface area contributed by atoms with Crippen LogP contribution in [0.2, 0.25) is 0 Å². The Kier molecular flexibility index (Phi) is 5.57. The van der Waals surface area contributed by atoms with Gasteiger partial charge in [-0.1, -0.05) is 54.5 Å². The summed E-state index contributed by atoms with van der Waals surface area (Å²) < 4.78 is 0. The fourth-order valence-corrected chi connectivity index (χ4v) is 1.90. The summed E-state index contributed by atoms with van der Waals surface area (Å²) in [6.45, 7) is 0.512. The highest BCUT2D eigenvalue weighted by atomic mass is 16.1. The molecule has 0 aliphatic carbocycles. The Morgan fingerprint density at radius 2 is 1.67 bits per heavy atom. The van der Waals surface area contributed by atoms with Gasteiger partial charge >= 0.3 is 0 Å². The predicted octanol–water partition coefficient (Wildman–Crippen LogP) is 2.24. The van der Waals surface area contributed by atoms with Gasteiger partial charge in [0.1, 0.15) is 0 Å². The lowest BCUT2D eigenvalue weighted by Crippen LogP contribution is -2.25. The van der Waals surface area contributed by atoms with Crippen LogP contribution in [-0.2, 0) is 4.79 Å². The van der Waals surface area contributed by atoms with Crippen LogP contribution < -0.4 is 11.1 Å². The molecule has 1 unspecified atom stereocenters. The van der Waals surface area contributed by atoms with E-state index in [-0.39, 0.29) is 11.9 Å². The second-order valence-electron chi connectivity index (χ2n) is 4.68. The third-order valence-electron chi connectivity index (χ3n) is 3.06. The third kappa shape index (κ3) is 5.13. The van der Waals surface area contributed by atoms with Gasteiger partial charge in [0, 0.05) is 24.1 Å². The normalized spacial score (nSPS) is 11.1. The van der Waals surface area contributed by atoms with Crippen molar-refractivity contribution in [3.8, 4) is 11.8 Å². The minimum absolute atomic E-state index is 0.0754. The molecular formula is C18H18N2O. The molecule has 0 radical (unpaired) electrons. The maximum Gasteiger partial charge on any atom is 0.296 e. The molecule has 0 saturated heterocycles. The first kappa shape index (κ1) is 14.8. The number of carbonyl (C=O) groups excluding carboxylic acids is 1. The highest BCUT2D eigenvalue weighted by Gasteiger charge is 2.05. The summed E-state index contributed by atoms with van der Waals surface area (Å²) >= 11 is 0. The molecule has 0 saturated carbocycles. The molecule has 0 spiro atoms. The Morgan fingerprint density at radius 3 is 2.33 bits per heavy atom. The number of nitrogens with one attached hydrogen (secondary N) is 1. The van der Waals surface area contributed by atoms with E-state index in [9.17, 15) is 4.79 Å². The Hall–Kier alpha value is -2.57. The third-order valence-corrected chi connectivity index (χ3v) is 3.06. The zero-order valence-corrected chi connectivity index (χ0v) is 11.8. The first-order chi connectivity index (χ1) is 10.3. The molecule has 0 aliphatic rings. The Bertz CT molecular complexity index is 627. The summed E-state index contributed by atoms with van der Waals surface area (Å²) in [5, 5.41) is 2.76. The van der Waals surface area contributed by atoms with Gasteiger partial charge in [0.25, 0.3) is 5.91 Å². The van der Waals surface area contributed by atoms with Crippen molar-refractivity contribution in [1.29, 1.82) is 0 Å². The first-order valence-corrected chi connectivity index (χ1v) is 6.91. The van der Waals surface area contributed by atoms with Crippen molar-refractivity contribution >= 4 is 5.91 Å². The van der Waals surface area contributed by atoms with Crippen molar-refractivity contribution < 1.29 is 4.79 Å². The van der Waals surface area contributed by atoms with Crippen LogP contribution in [0.4, 0.5) is 0 Å². The van der Waals surface area contributed by atoms with Gasteiger partial charge in [-0.2, -0.15) is 0 Å². The maximum absolute atomic E-state index is 11.6. The molecule has 0 bridgehead atoms. The summed E-state index contributed by atoms with van der Waals surface area (Å²) in [6.07, 6.45) is 0.683. The minimum atomic E-state index is -0.279. The van der Waals surface area contributed by atoms with Gasteiger partial charge < -0.3 is 11.1 Å². The van der Waals surface area contributed by atoms with Crippen LogP contribution in [0.5, 0.6) is 0 Å². The van der Waals surface area contributed by atoms with Gasteiger partial charge in [0.2, 0.25) is 0 Å². The highest BCUT2D eigenvalue weighted by Crippen LogP contribution is 2.11. The van der Waals surface area contributed by atoms with E-state index in [2.05, 4.69) is 17.2 Å². The average molecular weight is 278 g/mol. The summed E-state index contributed by atoms with van der Waals surface area (Å²) in [6, 6.07) is 19.2. The lowest BCUT2D eigenvalue weighted by molar-refractivity contribution is -0.115. The molecule has 0 aliphatic heterocycles. The fraction of sp³-hybridized carbons (Fsp3) is 0.167. The molecule has 106 valence electrons. The molecule has 1 atom stereocenters. The fourth-order valence-electron chi connectivity index (χ4n) is 1.90. The largest absolute Gasteiger partial charge is 0.345 e. The Balaban J connectivity index is 1.76. The monoisotopic (exact) mass is 278 g/mol. The second-order valence-corrected chi connectivity index (χ2v) is 4.68. The molecule has 3 N–H and O–H groups in total. The number of hydrogen-bond donors (Lipinski definition) is 2. The van der Waals surface area contributed by atoms with E-state index in [0.717, 1.165) is 11.1 Å². The SMILES string of the molecule is NC(CCNC(=O)C#Cc1ccccc1)c1ccccc1. The van der Waals surface area contributed by atoms with Crippen molar-refractivity contribution in [2.75, 3.05) is 6.54 Å². The van der Waals surface area contributed by atoms with Gasteiger partial charge in [-0.05, 0) is 24.1 Å². The van der Waals surface area contributed by atoms with Crippen molar-refractivity contribution in [3.05, 3.63) is 71.8 Å². The van der Waals surface area contributed by atoms with Crippen LogP contribution in [-0.4, -0.2) is 12.5 Å². The van der Waals surface area contributed by atoms with Gasteiger partial charge in [0.05, 0.1) is 0 Å². The average Bonchev–Trinajstić information content (AvgIpc) is 2.54. The van der Waals surface area contributed by atoms with Crippen LogP contribution in [0, 0.1) is 11.8 Å². The smallest absolute Gasteiger partial charge is 0.296 e. The van der Waals surface area contributed by atoms with Crippen LogP contribution in [0.3, 0.4) is 0 Å². The van der Waals surface area contributed by atoms with Gasteiger partial charge in [-0.15, -0.1) is 0 Å². The zero-order chi connectivity index (χ0) is 14.9. The number of benzene rings is 2. The molecular weight excluding hydrogens is 260 g/mol. The molecule has 2 rings (SSSR count). The number of nitrogens with two attached hydrogens (primary N) is 1. The van der Waals surface area contributed by atoms with E-state index in [1.54, 1.807) is 0 Å². The molecule has 21 heavy (non-hydrogen) atoms. The van der Waals surface area contributed by atoms with Crippen molar-refractivity contribution in [2.24, 2.45) is 5.73 Å². The van der Waals surface area contributed by atoms with Gasteiger partial charge in [-0.3, -0.25) is 4.79 Å².